The molecular formula is C16H19NO3. The van der Waals surface area contributed by atoms with Crippen LogP contribution in [0.4, 0.5) is 5.69 Å². The highest BCUT2D eigenvalue weighted by atomic mass is 16.5. The summed E-state index contributed by atoms with van der Waals surface area (Å²) in [6.45, 7) is 0.659. The number of hydrogen-bond donors (Lipinski definition) is 1. The van der Waals surface area contributed by atoms with Gasteiger partial charge >= 0.3 is 0 Å². The van der Waals surface area contributed by atoms with Crippen molar-refractivity contribution >= 4 is 5.69 Å². The molecule has 0 aromatic heterocycles. The first kappa shape index (κ1) is 14.1. The first-order chi connectivity index (χ1) is 9.78. The van der Waals surface area contributed by atoms with Crippen molar-refractivity contribution in [1.29, 1.82) is 0 Å². The molecule has 20 heavy (non-hydrogen) atoms. The van der Waals surface area contributed by atoms with Crippen LogP contribution >= 0.6 is 0 Å². The second-order valence-corrected chi connectivity index (χ2v) is 4.23. The van der Waals surface area contributed by atoms with E-state index >= 15 is 0 Å². The molecule has 1 N–H and O–H groups in total. The van der Waals surface area contributed by atoms with Gasteiger partial charge in [-0.15, -0.1) is 0 Å². The smallest absolute Gasteiger partial charge is 0.145 e. The minimum atomic E-state index is 0.659. The Morgan fingerprint density at radius 2 is 1.60 bits per heavy atom. The third kappa shape index (κ3) is 3.15. The average Bonchev–Trinajstić information content (AvgIpc) is 2.52. The summed E-state index contributed by atoms with van der Waals surface area (Å²) in [5.74, 6) is 2.39. The standard InChI is InChI=1S/C16H19NO3/c1-18-13-8-9-14(16(10-13)20-3)17-11-12-6-4-5-7-15(12)19-2/h4-10,17H,11H2,1-3H3. The number of benzene rings is 2. The van der Waals surface area contributed by atoms with Crippen LogP contribution < -0.4 is 19.5 Å². The van der Waals surface area contributed by atoms with Crippen molar-refractivity contribution in [2.75, 3.05) is 26.6 Å². The molecule has 0 fully saturated rings. The van der Waals surface area contributed by atoms with Crippen LogP contribution in [0, 0.1) is 0 Å². The van der Waals surface area contributed by atoms with Gasteiger partial charge in [0.1, 0.15) is 17.2 Å². The second kappa shape index (κ2) is 6.70. The maximum Gasteiger partial charge on any atom is 0.145 e. The highest BCUT2D eigenvalue weighted by Crippen LogP contribution is 2.30. The average molecular weight is 273 g/mol. The molecule has 0 heterocycles. The Hall–Kier alpha value is -2.36. The second-order valence-electron chi connectivity index (χ2n) is 4.23. The normalized spacial score (nSPS) is 9.95. The fourth-order valence-electron chi connectivity index (χ4n) is 1.98. The number of hydrogen-bond acceptors (Lipinski definition) is 4. The molecule has 2 aromatic carbocycles. The molecule has 2 rings (SSSR count). The molecule has 0 unspecified atom stereocenters. The van der Waals surface area contributed by atoms with Gasteiger partial charge in [-0.05, 0) is 18.2 Å². The quantitative estimate of drug-likeness (QED) is 0.876. The van der Waals surface area contributed by atoms with E-state index < -0.39 is 0 Å². The molecule has 0 saturated carbocycles. The molecule has 0 atom stereocenters. The third-order valence-electron chi connectivity index (χ3n) is 3.07. The van der Waals surface area contributed by atoms with Gasteiger partial charge in [0.2, 0.25) is 0 Å². The molecule has 106 valence electrons. The van der Waals surface area contributed by atoms with E-state index in [4.69, 9.17) is 14.2 Å². The third-order valence-corrected chi connectivity index (χ3v) is 3.07. The van der Waals surface area contributed by atoms with Crippen molar-refractivity contribution < 1.29 is 14.2 Å². The molecular weight excluding hydrogens is 254 g/mol. The van der Waals surface area contributed by atoms with Gasteiger partial charge in [-0.1, -0.05) is 18.2 Å². The summed E-state index contributed by atoms with van der Waals surface area (Å²) in [6.07, 6.45) is 0. The van der Waals surface area contributed by atoms with Crippen molar-refractivity contribution in [3.8, 4) is 17.2 Å². The Morgan fingerprint density at radius 3 is 2.30 bits per heavy atom. The molecule has 0 saturated heterocycles. The van der Waals surface area contributed by atoms with E-state index in [2.05, 4.69) is 5.32 Å². The van der Waals surface area contributed by atoms with Crippen LogP contribution in [0.5, 0.6) is 17.2 Å². The predicted molar refractivity (Wildman–Crippen MR) is 79.9 cm³/mol. The fourth-order valence-corrected chi connectivity index (χ4v) is 1.98. The fraction of sp³-hybridized carbons (Fsp3) is 0.250. The molecule has 4 heteroatoms. The lowest BCUT2D eigenvalue weighted by Gasteiger charge is -2.14. The summed E-state index contributed by atoms with van der Waals surface area (Å²) in [5.41, 5.74) is 2.01. The largest absolute Gasteiger partial charge is 0.497 e. The summed E-state index contributed by atoms with van der Waals surface area (Å²) in [4.78, 5) is 0. The molecule has 0 bridgehead atoms. The molecule has 4 nitrogen and oxygen atoms in total. The lowest BCUT2D eigenvalue weighted by molar-refractivity contribution is 0.395. The van der Waals surface area contributed by atoms with Gasteiger partial charge in [0.05, 0.1) is 27.0 Å². The number of rotatable bonds is 6. The van der Waals surface area contributed by atoms with Crippen molar-refractivity contribution in [3.63, 3.8) is 0 Å². The summed E-state index contributed by atoms with van der Waals surface area (Å²) in [5, 5.41) is 3.35. The van der Waals surface area contributed by atoms with Crippen LogP contribution in [0.15, 0.2) is 42.5 Å². The minimum Gasteiger partial charge on any atom is -0.497 e. The molecule has 0 radical (unpaired) electrons. The van der Waals surface area contributed by atoms with E-state index in [0.717, 1.165) is 28.5 Å². The highest BCUT2D eigenvalue weighted by Gasteiger charge is 2.06. The van der Waals surface area contributed by atoms with Crippen LogP contribution in [-0.2, 0) is 6.54 Å². The minimum absolute atomic E-state index is 0.659. The summed E-state index contributed by atoms with van der Waals surface area (Å²) in [6, 6.07) is 13.6. The maximum absolute atomic E-state index is 5.36. The lowest BCUT2D eigenvalue weighted by Crippen LogP contribution is -2.03. The molecule has 0 aliphatic heterocycles. The van der Waals surface area contributed by atoms with Crippen LogP contribution in [0.3, 0.4) is 0 Å². The van der Waals surface area contributed by atoms with Crippen LogP contribution in [0.25, 0.3) is 0 Å². The van der Waals surface area contributed by atoms with Crippen LogP contribution in [-0.4, -0.2) is 21.3 Å². The number of anilines is 1. The number of nitrogens with one attached hydrogen (secondary N) is 1. The monoisotopic (exact) mass is 273 g/mol. The molecule has 2 aromatic rings. The number of ether oxygens (including phenoxy) is 3. The molecule has 0 amide bonds. The Morgan fingerprint density at radius 1 is 0.850 bits per heavy atom. The van der Waals surface area contributed by atoms with Gasteiger partial charge in [-0.2, -0.15) is 0 Å². The first-order valence-corrected chi connectivity index (χ1v) is 6.36. The van der Waals surface area contributed by atoms with E-state index in [0.29, 0.717) is 6.54 Å². The van der Waals surface area contributed by atoms with E-state index in [1.54, 1.807) is 21.3 Å². The Balaban J connectivity index is 2.14. The topological polar surface area (TPSA) is 39.7 Å². The summed E-state index contributed by atoms with van der Waals surface area (Å²) < 4.78 is 15.9. The summed E-state index contributed by atoms with van der Waals surface area (Å²) in [7, 11) is 4.95. The maximum atomic E-state index is 5.36. The van der Waals surface area contributed by atoms with Gasteiger partial charge in [0, 0.05) is 18.2 Å². The number of methoxy groups -OCH3 is 3. The van der Waals surface area contributed by atoms with Crippen molar-refractivity contribution in [3.05, 3.63) is 48.0 Å². The summed E-state index contributed by atoms with van der Waals surface area (Å²) >= 11 is 0. The van der Waals surface area contributed by atoms with E-state index in [-0.39, 0.29) is 0 Å². The SMILES string of the molecule is COc1ccc(NCc2ccccc2OC)c(OC)c1. The lowest BCUT2D eigenvalue weighted by atomic mass is 10.2. The zero-order valence-corrected chi connectivity index (χ0v) is 12.0. The van der Waals surface area contributed by atoms with Gasteiger partial charge in [-0.25, -0.2) is 0 Å². The molecule has 0 spiro atoms. The van der Waals surface area contributed by atoms with Crippen molar-refractivity contribution in [2.45, 2.75) is 6.54 Å². The van der Waals surface area contributed by atoms with Gasteiger partial charge in [-0.3, -0.25) is 0 Å². The predicted octanol–water partition coefficient (Wildman–Crippen LogP) is 3.32. The van der Waals surface area contributed by atoms with E-state index in [1.807, 2.05) is 42.5 Å². The number of para-hydroxylation sites is 1. The van der Waals surface area contributed by atoms with E-state index in [1.165, 1.54) is 0 Å². The zero-order chi connectivity index (χ0) is 14.4. The van der Waals surface area contributed by atoms with Crippen LogP contribution in [0.2, 0.25) is 0 Å². The van der Waals surface area contributed by atoms with Crippen LogP contribution in [0.1, 0.15) is 5.56 Å². The first-order valence-electron chi connectivity index (χ1n) is 6.36. The van der Waals surface area contributed by atoms with Crippen molar-refractivity contribution in [1.82, 2.24) is 0 Å². The Bertz CT molecular complexity index is 569. The van der Waals surface area contributed by atoms with Gasteiger partial charge in [0.25, 0.3) is 0 Å². The van der Waals surface area contributed by atoms with E-state index in [9.17, 15) is 0 Å². The Kier molecular flexibility index (Phi) is 4.71. The molecule has 0 aliphatic carbocycles. The van der Waals surface area contributed by atoms with Gasteiger partial charge in [0.15, 0.2) is 0 Å². The van der Waals surface area contributed by atoms with Crippen molar-refractivity contribution in [2.24, 2.45) is 0 Å². The Labute approximate surface area is 119 Å². The molecule has 0 aliphatic rings. The van der Waals surface area contributed by atoms with Gasteiger partial charge < -0.3 is 19.5 Å². The zero-order valence-electron chi connectivity index (χ0n) is 12.0. The highest BCUT2D eigenvalue weighted by molar-refractivity contribution is 5.59.